The highest BCUT2D eigenvalue weighted by molar-refractivity contribution is 8.30. The van der Waals surface area contributed by atoms with Gasteiger partial charge < -0.3 is 14.5 Å². The van der Waals surface area contributed by atoms with Crippen molar-refractivity contribution in [3.05, 3.63) is 42.5 Å². The third-order valence-electron chi connectivity index (χ3n) is 4.23. The summed E-state index contributed by atoms with van der Waals surface area (Å²) in [6.07, 6.45) is 7.63. The number of allylic oxidation sites excluding steroid dienone is 4. The first-order valence-electron chi connectivity index (χ1n) is 8.27. The first kappa shape index (κ1) is 20.4. The quantitative estimate of drug-likeness (QED) is 0.319. The van der Waals surface area contributed by atoms with Crippen molar-refractivity contribution < 1.29 is 18.4 Å². The van der Waals surface area contributed by atoms with E-state index >= 15 is 0 Å². The van der Waals surface area contributed by atoms with E-state index in [1.54, 1.807) is 12.1 Å². The fraction of sp³-hybridized carbons (Fsp3) is 0.333. The van der Waals surface area contributed by atoms with Crippen LogP contribution in [0, 0.1) is 0 Å². The molecule has 0 spiro atoms. The standard InChI is InChI=1S/C18H23N3O3S2/c1-5-20(3)15-9-7-14(8-10-15)19-17-12-11-16(21(4)6-2)13-18(17)26(23,25)24-22/h7-13H,5-6H2,1-4H3. The SMILES string of the molecule is CCN(C)c1ccc(N=C2C=CC(=[N+](C)CC)C=C2)c(S(=O)(=S)O[O-])c1. The lowest BCUT2D eigenvalue weighted by atomic mass is 10.1. The number of benzene rings is 1. The fourth-order valence-corrected chi connectivity index (χ4v) is 3.46. The maximum Gasteiger partial charge on any atom is 0.199 e. The molecule has 0 aromatic heterocycles. The van der Waals surface area contributed by atoms with Gasteiger partial charge in [-0.1, -0.05) is 0 Å². The van der Waals surface area contributed by atoms with Gasteiger partial charge in [0.1, 0.15) is 13.6 Å². The average molecular weight is 394 g/mol. The number of rotatable bonds is 6. The highest BCUT2D eigenvalue weighted by Crippen LogP contribution is 2.30. The fourth-order valence-electron chi connectivity index (χ4n) is 2.36. The van der Waals surface area contributed by atoms with Gasteiger partial charge >= 0.3 is 0 Å². The largest absolute Gasteiger partial charge is 0.708 e. The van der Waals surface area contributed by atoms with Crippen molar-refractivity contribution in [1.82, 2.24) is 0 Å². The molecule has 0 heterocycles. The molecule has 26 heavy (non-hydrogen) atoms. The number of nitrogens with zero attached hydrogens (tertiary/aromatic N) is 3. The molecule has 1 unspecified atom stereocenters. The van der Waals surface area contributed by atoms with E-state index in [1.165, 1.54) is 0 Å². The van der Waals surface area contributed by atoms with Gasteiger partial charge in [-0.3, -0.25) is 0 Å². The lowest BCUT2D eigenvalue weighted by molar-refractivity contribution is -0.633. The van der Waals surface area contributed by atoms with Crippen LogP contribution in [0.15, 0.2) is 52.4 Å². The van der Waals surface area contributed by atoms with Crippen LogP contribution in [0.25, 0.3) is 0 Å². The summed E-state index contributed by atoms with van der Waals surface area (Å²) in [5.41, 5.74) is 2.90. The predicted molar refractivity (Wildman–Crippen MR) is 107 cm³/mol. The summed E-state index contributed by atoms with van der Waals surface area (Å²) in [5.74, 6) is 0. The Morgan fingerprint density at radius 3 is 2.46 bits per heavy atom. The molecule has 0 bridgehead atoms. The van der Waals surface area contributed by atoms with Crippen molar-refractivity contribution in [2.24, 2.45) is 4.99 Å². The molecule has 0 saturated heterocycles. The Bertz CT molecular complexity index is 882. The molecule has 6 nitrogen and oxygen atoms in total. The third kappa shape index (κ3) is 4.64. The zero-order chi connectivity index (χ0) is 19.3. The summed E-state index contributed by atoms with van der Waals surface area (Å²) < 4.78 is 18.4. The average Bonchev–Trinajstić information content (AvgIpc) is 2.67. The Morgan fingerprint density at radius 2 is 1.92 bits per heavy atom. The number of anilines is 1. The minimum atomic E-state index is -3.59. The van der Waals surface area contributed by atoms with Gasteiger partial charge in [0.15, 0.2) is 14.5 Å². The Balaban J connectivity index is 2.49. The van der Waals surface area contributed by atoms with E-state index < -0.39 is 8.77 Å². The van der Waals surface area contributed by atoms with Crippen LogP contribution in [0.3, 0.4) is 0 Å². The number of hydrogen-bond acceptors (Lipinski definition) is 6. The van der Waals surface area contributed by atoms with E-state index in [-0.39, 0.29) is 4.90 Å². The summed E-state index contributed by atoms with van der Waals surface area (Å²) in [6.45, 7) is 5.70. The zero-order valence-corrected chi connectivity index (χ0v) is 17.0. The minimum absolute atomic E-state index is 0.120. The Hall–Kier alpha value is -1.87. The lowest BCUT2D eigenvalue weighted by Gasteiger charge is -2.20. The van der Waals surface area contributed by atoms with Crippen LogP contribution in [-0.4, -0.2) is 47.4 Å². The highest BCUT2D eigenvalue weighted by Gasteiger charge is 2.16. The zero-order valence-electron chi connectivity index (χ0n) is 15.3. The summed E-state index contributed by atoms with van der Waals surface area (Å²) >= 11 is 4.88. The van der Waals surface area contributed by atoms with Crippen molar-refractivity contribution in [1.29, 1.82) is 0 Å². The van der Waals surface area contributed by atoms with Gasteiger partial charge in [-0.2, -0.15) is 0 Å². The van der Waals surface area contributed by atoms with Gasteiger partial charge in [0.05, 0.1) is 16.3 Å². The Labute approximate surface area is 159 Å². The first-order valence-corrected chi connectivity index (χ1v) is 10.7. The highest BCUT2D eigenvalue weighted by atomic mass is 32.8. The molecule has 8 heteroatoms. The predicted octanol–water partition coefficient (Wildman–Crippen LogP) is 1.76. The van der Waals surface area contributed by atoms with Crippen molar-refractivity contribution in [3.8, 4) is 0 Å². The molecule has 0 saturated carbocycles. The smallest absolute Gasteiger partial charge is 0.199 e. The molecular formula is C18H23N3O3S2. The second kappa shape index (κ2) is 8.68. The molecule has 0 fully saturated rings. The first-order chi connectivity index (χ1) is 12.3. The van der Waals surface area contributed by atoms with Crippen molar-refractivity contribution >= 4 is 42.8 Å². The van der Waals surface area contributed by atoms with E-state index in [2.05, 4.69) is 20.8 Å². The molecule has 2 rings (SSSR count). The van der Waals surface area contributed by atoms with Crippen LogP contribution in [0.1, 0.15) is 13.8 Å². The van der Waals surface area contributed by atoms with E-state index in [9.17, 15) is 9.47 Å². The van der Waals surface area contributed by atoms with Crippen LogP contribution in [-0.2, 0) is 24.3 Å². The third-order valence-corrected chi connectivity index (χ3v) is 5.98. The normalized spacial score (nSPS) is 15.7. The minimum Gasteiger partial charge on any atom is -0.708 e. The van der Waals surface area contributed by atoms with Gasteiger partial charge in [0.2, 0.25) is 0 Å². The van der Waals surface area contributed by atoms with Crippen molar-refractivity contribution in [3.63, 3.8) is 0 Å². The molecule has 0 amide bonds. The monoisotopic (exact) mass is 393 g/mol. The molecule has 0 N–H and O–H groups in total. The van der Waals surface area contributed by atoms with Gasteiger partial charge in [-0.05, 0) is 44.2 Å². The Kier molecular flexibility index (Phi) is 6.82. The summed E-state index contributed by atoms with van der Waals surface area (Å²) in [7, 11) is 0.306. The molecule has 0 aliphatic heterocycles. The summed E-state index contributed by atoms with van der Waals surface area (Å²) in [6, 6.07) is 5.16. The van der Waals surface area contributed by atoms with E-state index in [1.807, 2.05) is 56.3 Å². The summed E-state index contributed by atoms with van der Waals surface area (Å²) in [5, 5.41) is 10.9. The summed E-state index contributed by atoms with van der Waals surface area (Å²) in [4.78, 5) is 6.57. The van der Waals surface area contributed by atoms with Gasteiger partial charge in [-0.15, -0.1) is 0 Å². The molecule has 1 aliphatic rings. The van der Waals surface area contributed by atoms with Gasteiger partial charge in [-0.25, -0.2) is 13.8 Å². The molecular weight excluding hydrogens is 370 g/mol. The Morgan fingerprint density at radius 1 is 1.27 bits per heavy atom. The van der Waals surface area contributed by atoms with Crippen LogP contribution in [0.2, 0.25) is 0 Å². The van der Waals surface area contributed by atoms with E-state index in [0.29, 0.717) is 11.4 Å². The van der Waals surface area contributed by atoms with E-state index in [4.69, 9.17) is 11.2 Å². The number of aliphatic imine (C=N–C) groups is 1. The van der Waals surface area contributed by atoms with E-state index in [0.717, 1.165) is 24.5 Å². The van der Waals surface area contributed by atoms with Crippen molar-refractivity contribution in [2.75, 3.05) is 32.1 Å². The molecule has 0 radical (unpaired) electrons. The molecule has 140 valence electrons. The van der Waals surface area contributed by atoms with Crippen LogP contribution < -0.4 is 10.2 Å². The van der Waals surface area contributed by atoms with Gasteiger partial charge in [0, 0.05) is 42.6 Å². The molecule has 1 aromatic carbocycles. The van der Waals surface area contributed by atoms with Crippen LogP contribution in [0.5, 0.6) is 0 Å². The van der Waals surface area contributed by atoms with Gasteiger partial charge in [0.25, 0.3) is 0 Å². The second-order valence-electron chi connectivity index (χ2n) is 5.83. The van der Waals surface area contributed by atoms with Crippen molar-refractivity contribution in [2.45, 2.75) is 18.7 Å². The topological polar surface area (TPSA) is 68.0 Å². The maximum absolute atomic E-state index is 12.4. The maximum atomic E-state index is 12.4. The van der Waals surface area contributed by atoms with Crippen LogP contribution >= 0.6 is 0 Å². The molecule has 1 aromatic rings. The van der Waals surface area contributed by atoms with Crippen LogP contribution in [0.4, 0.5) is 11.4 Å². The number of hydrogen-bond donors (Lipinski definition) is 0. The molecule has 1 atom stereocenters. The molecule has 1 aliphatic carbocycles. The lowest BCUT2D eigenvalue weighted by Crippen LogP contribution is -2.18. The second-order valence-corrected chi connectivity index (χ2v) is 8.63.